The summed E-state index contributed by atoms with van der Waals surface area (Å²) in [5, 5.41) is 27.9. The molecule has 0 amide bonds. The van der Waals surface area contributed by atoms with Crippen molar-refractivity contribution in [2.45, 2.75) is 32.4 Å². The summed E-state index contributed by atoms with van der Waals surface area (Å²) in [6.07, 6.45) is 9.09. The highest BCUT2D eigenvalue weighted by Crippen LogP contribution is 2.32. The minimum absolute atomic E-state index is 0.0513. The lowest BCUT2D eigenvalue weighted by molar-refractivity contribution is 0.0283. The van der Waals surface area contributed by atoms with Crippen molar-refractivity contribution >= 4 is 11.3 Å². The second-order valence-electron chi connectivity index (χ2n) is 9.90. The van der Waals surface area contributed by atoms with Crippen LogP contribution in [-0.4, -0.2) is 53.7 Å². The molecule has 1 atom stereocenters. The van der Waals surface area contributed by atoms with E-state index in [9.17, 15) is 14.8 Å². The number of ether oxygens (including phenoxy) is 1. The molecule has 1 N–H and O–H groups in total. The number of hydrogen-bond acceptors (Lipinski definition) is 8. The Kier molecular flexibility index (Phi) is 6.72. The first-order valence-corrected chi connectivity index (χ1v) is 12.3. The van der Waals surface area contributed by atoms with Gasteiger partial charge in [-0.2, -0.15) is 15.5 Å². The van der Waals surface area contributed by atoms with E-state index in [-0.39, 0.29) is 12.6 Å². The normalized spacial score (nSPS) is 12.3. The number of anilines is 1. The lowest BCUT2D eigenvalue weighted by Gasteiger charge is -2.26. The Morgan fingerprint density at radius 3 is 2.54 bits per heavy atom. The van der Waals surface area contributed by atoms with Crippen LogP contribution in [0.15, 0.2) is 67.5 Å². The molecule has 0 aliphatic heterocycles. The predicted molar refractivity (Wildman–Crippen MR) is 143 cm³/mol. The molecule has 0 fully saturated rings. The van der Waals surface area contributed by atoms with Gasteiger partial charge in [-0.25, -0.2) is 23.6 Å². The van der Waals surface area contributed by atoms with E-state index in [0.717, 1.165) is 28.7 Å². The van der Waals surface area contributed by atoms with Gasteiger partial charge in [-0.1, -0.05) is 6.07 Å². The fourth-order valence-electron chi connectivity index (χ4n) is 4.12. The molecule has 5 aromatic rings. The maximum absolute atomic E-state index is 13.3. The van der Waals surface area contributed by atoms with Gasteiger partial charge in [0.05, 0.1) is 47.5 Å². The van der Waals surface area contributed by atoms with E-state index in [1.54, 1.807) is 43.0 Å². The van der Waals surface area contributed by atoms with Gasteiger partial charge < -0.3 is 14.7 Å². The molecule has 0 saturated heterocycles. The standard InChI is InChI=1S/C28H27FN8O2/c1-18(19-5-8-26(32-11-19)36-15-22(29)14-34-36)35(4)25-7-6-20(12-31-25)24-9-23(39-17-28(2,3)38)16-37-27(24)21(10-30)13-33-37/h5-9,11-16,18,38H,17H2,1-4H3. The van der Waals surface area contributed by atoms with Crippen molar-refractivity contribution in [2.24, 2.45) is 0 Å². The molecule has 0 bridgehead atoms. The Balaban J connectivity index is 1.40. The Morgan fingerprint density at radius 2 is 1.92 bits per heavy atom. The third-order valence-corrected chi connectivity index (χ3v) is 6.34. The largest absolute Gasteiger partial charge is 0.489 e. The SMILES string of the molecule is CC(c1ccc(-n2cc(F)cn2)nc1)N(C)c1ccc(-c2cc(OCC(C)(C)O)cn3ncc(C#N)c23)cn1. The van der Waals surface area contributed by atoms with Gasteiger partial charge in [-0.15, -0.1) is 0 Å². The highest BCUT2D eigenvalue weighted by atomic mass is 19.1. The third kappa shape index (κ3) is 5.42. The first-order chi connectivity index (χ1) is 18.6. The second-order valence-corrected chi connectivity index (χ2v) is 9.90. The predicted octanol–water partition coefficient (Wildman–Crippen LogP) is 4.33. The van der Waals surface area contributed by atoms with Gasteiger partial charge >= 0.3 is 0 Å². The molecule has 1 unspecified atom stereocenters. The molecular formula is C28H27FN8O2. The minimum Gasteiger partial charge on any atom is -0.489 e. The molecule has 5 heterocycles. The number of aromatic nitrogens is 6. The molecule has 0 aliphatic rings. The number of fused-ring (bicyclic) bond motifs is 1. The van der Waals surface area contributed by atoms with E-state index in [2.05, 4.69) is 26.2 Å². The van der Waals surface area contributed by atoms with E-state index in [1.165, 1.54) is 17.1 Å². The number of hydrogen-bond donors (Lipinski definition) is 1. The fourth-order valence-corrected chi connectivity index (χ4v) is 4.12. The molecule has 5 aromatic heterocycles. The van der Waals surface area contributed by atoms with E-state index in [0.29, 0.717) is 22.6 Å². The van der Waals surface area contributed by atoms with Gasteiger partial charge in [0.25, 0.3) is 0 Å². The second kappa shape index (κ2) is 10.2. The van der Waals surface area contributed by atoms with Crippen molar-refractivity contribution in [2.75, 3.05) is 18.6 Å². The van der Waals surface area contributed by atoms with E-state index < -0.39 is 11.4 Å². The number of pyridine rings is 3. The van der Waals surface area contributed by atoms with Crippen LogP contribution in [0.3, 0.4) is 0 Å². The van der Waals surface area contributed by atoms with Gasteiger partial charge in [-0.3, -0.25) is 0 Å². The lowest BCUT2D eigenvalue weighted by atomic mass is 10.0. The zero-order valence-electron chi connectivity index (χ0n) is 21.9. The van der Waals surface area contributed by atoms with Crippen LogP contribution in [0.4, 0.5) is 10.2 Å². The Labute approximate surface area is 224 Å². The zero-order chi connectivity index (χ0) is 27.7. The van der Waals surface area contributed by atoms with Crippen molar-refractivity contribution in [1.82, 2.24) is 29.4 Å². The monoisotopic (exact) mass is 526 g/mol. The van der Waals surface area contributed by atoms with Crippen LogP contribution in [-0.2, 0) is 0 Å². The summed E-state index contributed by atoms with van der Waals surface area (Å²) in [7, 11) is 1.94. The Morgan fingerprint density at radius 1 is 1.10 bits per heavy atom. The maximum atomic E-state index is 13.3. The van der Waals surface area contributed by atoms with Crippen molar-refractivity contribution in [3.63, 3.8) is 0 Å². The average molecular weight is 527 g/mol. The number of aliphatic hydroxyl groups is 1. The average Bonchev–Trinajstić information content (AvgIpc) is 3.56. The van der Waals surface area contributed by atoms with Crippen LogP contribution < -0.4 is 9.64 Å². The molecule has 5 rings (SSSR count). The smallest absolute Gasteiger partial charge is 0.161 e. The van der Waals surface area contributed by atoms with Crippen LogP contribution in [0.25, 0.3) is 22.5 Å². The molecule has 0 aliphatic carbocycles. The molecule has 11 heteroatoms. The van der Waals surface area contributed by atoms with Crippen molar-refractivity contribution in [3.05, 3.63) is 84.5 Å². The summed E-state index contributed by atoms with van der Waals surface area (Å²) >= 11 is 0. The van der Waals surface area contributed by atoms with Gasteiger partial charge in [0.2, 0.25) is 0 Å². The summed E-state index contributed by atoms with van der Waals surface area (Å²) in [5.41, 5.74) is 2.55. The lowest BCUT2D eigenvalue weighted by Crippen LogP contribution is -2.27. The van der Waals surface area contributed by atoms with Crippen molar-refractivity contribution in [3.8, 4) is 28.8 Å². The highest BCUT2D eigenvalue weighted by molar-refractivity contribution is 5.85. The van der Waals surface area contributed by atoms with Gasteiger partial charge in [0, 0.05) is 30.6 Å². The molecule has 39 heavy (non-hydrogen) atoms. The summed E-state index contributed by atoms with van der Waals surface area (Å²) in [6.45, 7) is 5.47. The summed E-state index contributed by atoms with van der Waals surface area (Å²) < 4.78 is 22.1. The van der Waals surface area contributed by atoms with Crippen LogP contribution in [0.2, 0.25) is 0 Å². The minimum atomic E-state index is -1.01. The number of nitrogens with zero attached hydrogens (tertiary/aromatic N) is 8. The molecular weight excluding hydrogens is 499 g/mol. The highest BCUT2D eigenvalue weighted by Gasteiger charge is 2.19. The third-order valence-electron chi connectivity index (χ3n) is 6.34. The van der Waals surface area contributed by atoms with Crippen LogP contribution in [0.1, 0.15) is 37.9 Å². The summed E-state index contributed by atoms with van der Waals surface area (Å²) in [6, 6.07) is 11.5. The summed E-state index contributed by atoms with van der Waals surface area (Å²) in [5.74, 6) is 1.35. The molecule has 0 aromatic carbocycles. The van der Waals surface area contributed by atoms with Gasteiger partial charge in [-0.05, 0) is 50.6 Å². The first-order valence-electron chi connectivity index (χ1n) is 12.3. The maximum Gasteiger partial charge on any atom is 0.161 e. The van der Waals surface area contributed by atoms with E-state index in [1.807, 2.05) is 43.1 Å². The Bertz CT molecular complexity index is 1650. The van der Waals surface area contributed by atoms with Crippen molar-refractivity contribution in [1.29, 1.82) is 5.26 Å². The van der Waals surface area contributed by atoms with Crippen LogP contribution in [0.5, 0.6) is 5.75 Å². The topological polar surface area (TPSA) is 117 Å². The van der Waals surface area contributed by atoms with E-state index in [4.69, 9.17) is 4.74 Å². The molecule has 198 valence electrons. The molecule has 0 radical (unpaired) electrons. The fraction of sp³-hybridized carbons (Fsp3) is 0.250. The van der Waals surface area contributed by atoms with Gasteiger partial charge in [0.15, 0.2) is 11.6 Å². The number of halogens is 1. The van der Waals surface area contributed by atoms with E-state index >= 15 is 0 Å². The van der Waals surface area contributed by atoms with Gasteiger partial charge in [0.1, 0.15) is 24.2 Å². The Hall–Kier alpha value is -4.82. The zero-order valence-corrected chi connectivity index (χ0v) is 21.9. The molecule has 10 nitrogen and oxygen atoms in total. The van der Waals surface area contributed by atoms with Crippen LogP contribution in [0, 0.1) is 17.1 Å². The first kappa shape index (κ1) is 25.8. The molecule has 0 saturated carbocycles. The summed E-state index contributed by atoms with van der Waals surface area (Å²) in [4.78, 5) is 11.1. The van der Waals surface area contributed by atoms with Crippen molar-refractivity contribution < 1.29 is 14.2 Å². The van der Waals surface area contributed by atoms with Crippen LogP contribution >= 0.6 is 0 Å². The quantitative estimate of drug-likeness (QED) is 0.317. The number of nitriles is 1. The molecule has 0 spiro atoms. The number of rotatable bonds is 8.